The SMILES string of the molecule is COc1ccc([N+](=O)[O-])cc1NS(=O)(=O)c1ccc(C(=O)Nc2cc(C)cc(C)c2)cc1. The Morgan fingerprint density at radius 1 is 0.969 bits per heavy atom. The molecule has 32 heavy (non-hydrogen) atoms. The number of nitrogens with zero attached hydrogens (tertiary/aromatic N) is 1. The molecule has 3 aromatic carbocycles. The first-order valence-electron chi connectivity index (χ1n) is 9.44. The largest absolute Gasteiger partial charge is 0.495 e. The van der Waals surface area contributed by atoms with Gasteiger partial charge in [0.25, 0.3) is 21.6 Å². The first kappa shape index (κ1) is 22.8. The number of aryl methyl sites for hydroxylation is 2. The van der Waals surface area contributed by atoms with E-state index in [-0.39, 0.29) is 33.5 Å². The van der Waals surface area contributed by atoms with Crippen molar-refractivity contribution in [2.75, 3.05) is 17.1 Å². The second kappa shape index (κ2) is 9.06. The van der Waals surface area contributed by atoms with Gasteiger partial charge in [0.05, 0.1) is 22.6 Å². The third-order valence-corrected chi connectivity index (χ3v) is 5.93. The fourth-order valence-electron chi connectivity index (χ4n) is 3.13. The lowest BCUT2D eigenvalue weighted by Gasteiger charge is -2.12. The van der Waals surface area contributed by atoms with E-state index < -0.39 is 14.9 Å². The maximum Gasteiger partial charge on any atom is 0.271 e. The molecular formula is C22H21N3O6S. The first-order chi connectivity index (χ1) is 15.1. The predicted octanol–water partition coefficient (Wildman–Crippen LogP) is 4.27. The highest BCUT2D eigenvalue weighted by molar-refractivity contribution is 7.92. The van der Waals surface area contributed by atoms with E-state index in [4.69, 9.17) is 4.74 Å². The number of methoxy groups -OCH3 is 1. The van der Waals surface area contributed by atoms with Gasteiger partial charge in [-0.25, -0.2) is 8.42 Å². The van der Waals surface area contributed by atoms with Crippen LogP contribution in [0.15, 0.2) is 65.6 Å². The molecule has 0 unspecified atom stereocenters. The normalized spacial score (nSPS) is 11.0. The lowest BCUT2D eigenvalue weighted by molar-refractivity contribution is -0.384. The maximum absolute atomic E-state index is 12.8. The molecule has 0 aliphatic heterocycles. The minimum Gasteiger partial charge on any atom is -0.495 e. The van der Waals surface area contributed by atoms with Crippen LogP contribution in [0.5, 0.6) is 5.75 Å². The van der Waals surface area contributed by atoms with Crippen LogP contribution in [-0.2, 0) is 10.0 Å². The van der Waals surface area contributed by atoms with Crippen LogP contribution < -0.4 is 14.8 Å². The summed E-state index contributed by atoms with van der Waals surface area (Å²) in [6.45, 7) is 3.84. The molecule has 0 fully saturated rings. The summed E-state index contributed by atoms with van der Waals surface area (Å²) >= 11 is 0. The summed E-state index contributed by atoms with van der Waals surface area (Å²) in [5.74, 6) is -0.254. The topological polar surface area (TPSA) is 128 Å². The number of nitrogens with one attached hydrogen (secondary N) is 2. The number of carbonyl (C=O) groups excluding carboxylic acids is 1. The minimum absolute atomic E-state index is 0.0710. The maximum atomic E-state index is 12.8. The number of ether oxygens (including phenoxy) is 1. The number of rotatable bonds is 7. The lowest BCUT2D eigenvalue weighted by atomic mass is 10.1. The van der Waals surface area contributed by atoms with Crippen LogP contribution in [0.3, 0.4) is 0 Å². The van der Waals surface area contributed by atoms with Gasteiger partial charge in [0.2, 0.25) is 0 Å². The van der Waals surface area contributed by atoms with Crippen LogP contribution in [-0.4, -0.2) is 26.4 Å². The summed E-state index contributed by atoms with van der Waals surface area (Å²) in [6, 6.07) is 14.6. The highest BCUT2D eigenvalue weighted by Crippen LogP contribution is 2.31. The smallest absolute Gasteiger partial charge is 0.271 e. The molecule has 0 bridgehead atoms. The molecular weight excluding hydrogens is 434 g/mol. The fourth-order valence-corrected chi connectivity index (χ4v) is 4.19. The van der Waals surface area contributed by atoms with Crippen LogP contribution in [0.1, 0.15) is 21.5 Å². The number of amides is 1. The Kier molecular flexibility index (Phi) is 6.45. The van der Waals surface area contributed by atoms with Gasteiger partial charge in [0.1, 0.15) is 5.75 Å². The van der Waals surface area contributed by atoms with E-state index in [9.17, 15) is 23.3 Å². The number of carbonyl (C=O) groups is 1. The number of anilines is 2. The van der Waals surface area contributed by atoms with Crippen molar-refractivity contribution in [3.05, 3.63) is 87.5 Å². The Labute approximate surface area is 185 Å². The van der Waals surface area contributed by atoms with Crippen LogP contribution in [0, 0.1) is 24.0 Å². The van der Waals surface area contributed by atoms with Gasteiger partial charge in [-0.2, -0.15) is 0 Å². The van der Waals surface area contributed by atoms with Gasteiger partial charge >= 0.3 is 0 Å². The monoisotopic (exact) mass is 455 g/mol. The summed E-state index contributed by atoms with van der Waals surface area (Å²) in [4.78, 5) is 22.8. The fraction of sp³-hybridized carbons (Fsp3) is 0.136. The number of hydrogen-bond acceptors (Lipinski definition) is 6. The minimum atomic E-state index is -4.09. The summed E-state index contributed by atoms with van der Waals surface area (Å²) in [5, 5.41) is 13.8. The standard InChI is InChI=1S/C22H21N3O6S/c1-14-10-15(2)12-17(11-14)23-22(26)16-4-7-19(8-5-16)32(29,30)24-20-13-18(25(27)28)6-9-21(20)31-3/h4-13,24H,1-3H3,(H,23,26). The molecule has 9 nitrogen and oxygen atoms in total. The van der Waals surface area contributed by atoms with Crippen molar-refractivity contribution >= 4 is 33.0 Å². The number of hydrogen-bond donors (Lipinski definition) is 2. The Bertz CT molecular complexity index is 1270. The third kappa shape index (κ3) is 5.22. The quantitative estimate of drug-likeness (QED) is 0.404. The van der Waals surface area contributed by atoms with Gasteiger partial charge in [-0.15, -0.1) is 0 Å². The van der Waals surface area contributed by atoms with E-state index in [1.807, 2.05) is 32.0 Å². The average Bonchev–Trinajstić information content (AvgIpc) is 2.72. The molecule has 10 heteroatoms. The number of nitro benzene ring substituents is 1. The van der Waals surface area contributed by atoms with E-state index in [0.717, 1.165) is 17.2 Å². The number of benzene rings is 3. The molecule has 0 spiro atoms. The summed E-state index contributed by atoms with van der Waals surface area (Å²) in [5.41, 5.74) is 2.56. The molecule has 0 atom stereocenters. The zero-order valence-corrected chi connectivity index (χ0v) is 18.4. The molecule has 0 saturated heterocycles. The highest BCUT2D eigenvalue weighted by atomic mass is 32.2. The van der Waals surface area contributed by atoms with E-state index >= 15 is 0 Å². The van der Waals surface area contributed by atoms with Crippen molar-refractivity contribution in [3.63, 3.8) is 0 Å². The summed E-state index contributed by atoms with van der Waals surface area (Å²) in [7, 11) is -2.76. The summed E-state index contributed by atoms with van der Waals surface area (Å²) < 4.78 is 32.9. The van der Waals surface area contributed by atoms with E-state index in [2.05, 4.69) is 10.0 Å². The van der Waals surface area contributed by atoms with Crippen molar-refractivity contribution in [1.29, 1.82) is 0 Å². The van der Waals surface area contributed by atoms with Crippen molar-refractivity contribution in [1.82, 2.24) is 0 Å². The molecule has 166 valence electrons. The molecule has 3 rings (SSSR count). The van der Waals surface area contributed by atoms with Crippen LogP contribution in [0.25, 0.3) is 0 Å². The average molecular weight is 455 g/mol. The Morgan fingerprint density at radius 2 is 1.59 bits per heavy atom. The van der Waals surface area contributed by atoms with Crippen molar-refractivity contribution in [2.45, 2.75) is 18.7 Å². The molecule has 0 heterocycles. The van der Waals surface area contributed by atoms with Crippen molar-refractivity contribution in [2.24, 2.45) is 0 Å². The van der Waals surface area contributed by atoms with Gasteiger partial charge in [-0.05, 0) is 67.4 Å². The molecule has 1 amide bonds. The molecule has 0 aliphatic carbocycles. The van der Waals surface area contributed by atoms with E-state index in [1.165, 1.54) is 43.5 Å². The zero-order valence-electron chi connectivity index (χ0n) is 17.6. The van der Waals surface area contributed by atoms with Crippen molar-refractivity contribution < 1.29 is 22.9 Å². The van der Waals surface area contributed by atoms with E-state index in [1.54, 1.807) is 0 Å². The van der Waals surface area contributed by atoms with Crippen LogP contribution in [0.2, 0.25) is 0 Å². The Morgan fingerprint density at radius 3 is 2.16 bits per heavy atom. The van der Waals surface area contributed by atoms with Gasteiger partial charge in [0.15, 0.2) is 0 Å². The highest BCUT2D eigenvalue weighted by Gasteiger charge is 2.20. The molecule has 0 saturated carbocycles. The molecule has 0 aliphatic rings. The molecule has 2 N–H and O–H groups in total. The molecule has 0 radical (unpaired) electrons. The second-order valence-corrected chi connectivity index (χ2v) is 8.78. The van der Waals surface area contributed by atoms with Gasteiger partial charge in [-0.3, -0.25) is 19.6 Å². The lowest BCUT2D eigenvalue weighted by Crippen LogP contribution is -2.15. The van der Waals surface area contributed by atoms with Gasteiger partial charge in [0, 0.05) is 23.4 Å². The summed E-state index contributed by atoms with van der Waals surface area (Å²) in [6.07, 6.45) is 0. The number of sulfonamides is 1. The van der Waals surface area contributed by atoms with Crippen LogP contribution >= 0.6 is 0 Å². The van der Waals surface area contributed by atoms with Crippen molar-refractivity contribution in [3.8, 4) is 5.75 Å². The third-order valence-electron chi connectivity index (χ3n) is 4.54. The number of nitro groups is 1. The number of non-ortho nitro benzene ring substituents is 1. The molecule has 0 aromatic heterocycles. The predicted molar refractivity (Wildman–Crippen MR) is 121 cm³/mol. The Hall–Kier alpha value is -3.92. The first-order valence-corrected chi connectivity index (χ1v) is 10.9. The van der Waals surface area contributed by atoms with Crippen LogP contribution in [0.4, 0.5) is 17.1 Å². The molecule has 3 aromatic rings. The van der Waals surface area contributed by atoms with Gasteiger partial charge in [-0.1, -0.05) is 6.07 Å². The second-order valence-electron chi connectivity index (χ2n) is 7.10. The Balaban J connectivity index is 1.81. The zero-order chi connectivity index (χ0) is 23.5. The van der Waals surface area contributed by atoms with E-state index in [0.29, 0.717) is 5.69 Å². The van der Waals surface area contributed by atoms with Gasteiger partial charge < -0.3 is 10.1 Å².